The zero-order chi connectivity index (χ0) is 79.7. The normalized spacial score (nSPS) is 37.6. The number of hydrogen-bond acceptors (Lipinski definition) is 39. The molecule has 6 aliphatic rings. The Balaban J connectivity index is 0.809. The van der Waals surface area contributed by atoms with E-state index in [4.69, 9.17) is 66.9 Å². The number of aliphatic hydroxyl groups is 14. The minimum atomic E-state index is -5.74. The third-order valence-corrected chi connectivity index (χ3v) is 18.9. The molecule has 4 amide bonds. The van der Waals surface area contributed by atoms with E-state index in [1.54, 1.807) is 0 Å². The summed E-state index contributed by atoms with van der Waals surface area (Å²) in [4.78, 5) is 116. The number of rotatable bonds is 33. The number of aliphatic carboxylic acids is 3. The molecule has 6 aliphatic heterocycles. The molecule has 31 atom stereocenters. The van der Waals surface area contributed by atoms with Crippen molar-refractivity contribution in [2.24, 2.45) is 0 Å². The first-order valence-electron chi connectivity index (χ1n) is 32.9. The average Bonchev–Trinajstić information content (AvgIpc) is 1.12. The number of benzene rings is 1. The summed E-state index contributed by atoms with van der Waals surface area (Å²) in [6.07, 6.45) is -52.5. The van der Waals surface area contributed by atoms with Crippen molar-refractivity contribution < 1.29 is 191 Å². The van der Waals surface area contributed by atoms with Gasteiger partial charge in [-0.05, 0) is 23.8 Å². The number of carboxylic acid groups (broad SMARTS) is 3. The second kappa shape index (κ2) is 37.5. The molecule has 8 rings (SSSR count). The quantitative estimate of drug-likeness (QED) is 0.0233. The number of carbonyl (C=O) groups excluding carboxylic acids is 4. The molecule has 48 nitrogen and oxygen atoms in total. The van der Waals surface area contributed by atoms with E-state index in [-0.39, 0.29) is 24.5 Å². The minimum absolute atomic E-state index is 0.0482. The first-order valence-corrected chi connectivity index (χ1v) is 34.4. The second-order valence-electron chi connectivity index (χ2n) is 25.5. The van der Waals surface area contributed by atoms with Gasteiger partial charge in [0.15, 0.2) is 43.6 Å². The lowest BCUT2D eigenvalue weighted by Crippen LogP contribution is -2.70. The molecule has 608 valence electrons. The number of nitrogens with two attached hydrogens (primary N) is 1. The van der Waals surface area contributed by atoms with Gasteiger partial charge in [0.25, 0.3) is 11.7 Å². The number of carboxylic acids is 3. The van der Waals surface area contributed by atoms with E-state index >= 15 is 0 Å². The van der Waals surface area contributed by atoms with Crippen LogP contribution in [-0.4, -0.2) is 373 Å². The highest BCUT2D eigenvalue weighted by molar-refractivity contribution is 7.47. The van der Waals surface area contributed by atoms with Crippen molar-refractivity contribution in [2.75, 3.05) is 59.0 Å². The Bertz CT molecular complexity index is 3520. The number of nitrogens with one attached hydrogen (secondary N) is 5. The zero-order valence-corrected chi connectivity index (χ0v) is 57.9. The van der Waals surface area contributed by atoms with Crippen molar-refractivity contribution in [1.82, 2.24) is 36.1 Å². The number of carbonyl (C=O) groups is 7. The summed E-state index contributed by atoms with van der Waals surface area (Å²) in [5, 5.41) is 195. The number of ether oxygens (including phenoxy) is 11. The van der Waals surface area contributed by atoms with Crippen LogP contribution in [-0.2, 0) is 101 Å². The summed E-state index contributed by atoms with van der Waals surface area (Å²) in [5.41, 5.74) is 4.96. The van der Waals surface area contributed by atoms with Crippen molar-refractivity contribution in [3.05, 3.63) is 58.1 Å². The summed E-state index contributed by atoms with van der Waals surface area (Å²) in [6, 6.07) is 1.47. The van der Waals surface area contributed by atoms with Crippen LogP contribution < -0.4 is 38.0 Å². The van der Waals surface area contributed by atoms with Gasteiger partial charge < -0.3 is 176 Å². The fraction of sp³-hybridized carbons (Fsp3) is 0.712. The summed E-state index contributed by atoms with van der Waals surface area (Å²) in [6.45, 7) is -3.83. The zero-order valence-electron chi connectivity index (χ0n) is 57.0. The van der Waals surface area contributed by atoms with E-state index in [0.29, 0.717) is 5.56 Å². The Kier molecular flexibility index (Phi) is 30.2. The van der Waals surface area contributed by atoms with Gasteiger partial charge in [-0.15, -0.1) is 0 Å². The van der Waals surface area contributed by atoms with Crippen LogP contribution in [0.15, 0.2) is 41.3 Å². The second-order valence-corrected chi connectivity index (χ2v) is 26.9. The first-order chi connectivity index (χ1) is 50.9. The van der Waals surface area contributed by atoms with Gasteiger partial charge in [-0.25, -0.2) is 28.3 Å². The molecular weight excluding hydrogens is 1490 g/mol. The summed E-state index contributed by atoms with van der Waals surface area (Å²) < 4.78 is 85.2. The molecule has 6 saturated heterocycles. The highest BCUT2D eigenvalue weighted by atomic mass is 31.2. The van der Waals surface area contributed by atoms with Gasteiger partial charge in [0.1, 0.15) is 128 Å². The average molecular weight is 1580 g/mol. The molecule has 1 aromatic heterocycles. The molecule has 2 aromatic rings. The van der Waals surface area contributed by atoms with E-state index in [1.165, 1.54) is 24.3 Å². The number of amides is 4. The predicted molar refractivity (Wildman–Crippen MR) is 340 cm³/mol. The molecular formula is C59H87N8O40P. The van der Waals surface area contributed by atoms with Gasteiger partial charge in [0.2, 0.25) is 17.7 Å². The van der Waals surface area contributed by atoms with E-state index < -0.39 is 285 Å². The fourth-order valence-corrected chi connectivity index (χ4v) is 13.5. The Morgan fingerprint density at radius 3 is 1.75 bits per heavy atom. The van der Waals surface area contributed by atoms with Crippen LogP contribution in [0.4, 0.5) is 5.82 Å². The third kappa shape index (κ3) is 20.3. The van der Waals surface area contributed by atoms with E-state index in [1.807, 2.05) is 0 Å². The number of nitrogen functional groups attached to an aromatic ring is 1. The number of hydrogen-bond donors (Lipinski definition) is 24. The van der Waals surface area contributed by atoms with Crippen LogP contribution in [0, 0.1) is 0 Å². The van der Waals surface area contributed by atoms with E-state index in [9.17, 15) is 135 Å². The van der Waals surface area contributed by atoms with Gasteiger partial charge in [-0.1, -0.05) is 12.1 Å². The van der Waals surface area contributed by atoms with Gasteiger partial charge in [0.05, 0.1) is 51.7 Å². The Morgan fingerprint density at radius 1 is 0.676 bits per heavy atom. The molecule has 0 aliphatic carbocycles. The summed E-state index contributed by atoms with van der Waals surface area (Å²) in [5.74, 6) is -12.9. The highest BCUT2D eigenvalue weighted by Gasteiger charge is 2.61. The molecule has 108 heavy (non-hydrogen) atoms. The fourth-order valence-electron chi connectivity index (χ4n) is 12.5. The SMILES string of the molecule is CO[C@@H]1C(CO)O[C@H](O[C@@H]2C(C(=O)O)O[C@@H](O[C@@H]3C(CO)O[C@H](O[C@@H]4C(C(=O)O)O[C@@H](OCCNC(=O)c5ccc(CNCC(=O)N[C@H]6C([C@H](O)C(O)CO)O[C@](OP(=O)(O)OC[C@H]7O[C@@H](n8ccc(N)nc8=O)[C@@H](O)C7O)(C(=O)O)C[C@H]6O)cc5)[C@@H](O)C4O)C(NC(C)=O)[C@H]3O)[C@@H](O)C2O)C(NC(C)=O)[C@H]1O. The van der Waals surface area contributed by atoms with Crippen molar-refractivity contribution in [3.8, 4) is 0 Å². The molecule has 25 N–H and O–H groups in total. The van der Waals surface area contributed by atoms with Gasteiger partial charge >= 0.3 is 31.4 Å². The molecule has 0 saturated carbocycles. The van der Waals surface area contributed by atoms with E-state index in [0.717, 1.165) is 37.8 Å². The topological polar surface area (TPSA) is 742 Å². The number of methoxy groups -OCH3 is 1. The van der Waals surface area contributed by atoms with Gasteiger partial charge in [0, 0.05) is 52.2 Å². The molecule has 1 aromatic carbocycles. The maximum Gasteiger partial charge on any atom is 0.475 e. The molecule has 0 bridgehead atoms. The van der Waals surface area contributed by atoms with Crippen molar-refractivity contribution in [2.45, 2.75) is 210 Å². The van der Waals surface area contributed by atoms with Crippen LogP contribution in [0.2, 0.25) is 0 Å². The van der Waals surface area contributed by atoms with Crippen LogP contribution in [0.25, 0.3) is 0 Å². The maximum absolute atomic E-state index is 13.3. The number of phosphoric acid groups is 1. The van der Waals surface area contributed by atoms with E-state index in [2.05, 4.69) is 31.6 Å². The van der Waals surface area contributed by atoms with Crippen LogP contribution in [0.5, 0.6) is 0 Å². The van der Waals surface area contributed by atoms with Crippen molar-refractivity contribution in [3.63, 3.8) is 0 Å². The van der Waals surface area contributed by atoms with Crippen LogP contribution in [0.3, 0.4) is 0 Å². The Labute approximate surface area is 608 Å². The molecule has 12 unspecified atom stereocenters. The molecule has 49 heteroatoms. The number of aliphatic hydroxyl groups excluding tert-OH is 14. The lowest BCUT2D eigenvalue weighted by atomic mass is 9.88. The molecule has 7 heterocycles. The van der Waals surface area contributed by atoms with Crippen LogP contribution >= 0.6 is 7.82 Å². The van der Waals surface area contributed by atoms with Gasteiger partial charge in [-0.3, -0.25) is 28.3 Å². The summed E-state index contributed by atoms with van der Waals surface area (Å²) >= 11 is 0. The standard InChI is InChI=1S/C59H87N8O40P/c1-19(71)63-31-35(78)42(95-3)25(16-69)99-53(31)103-46-38(81)41(84)56(105-48(46)52(88)89)101-43-26(17-70)100-54(32(36(43)79)64-20(2)72)102-45-37(80)40(83)55(104-47(45)51(86)87)96-11-9-62-49(85)22-6-4-21(5-7-22)13-61-14-29(75)66-30-23(73)12-59(57(90)91,106-44(30)33(76)24(74)15-68)107-108(93,94)97-18-27-34(77)39(82)50(98-27)67-10-8-28(60)65-58(67)92/h4-8,10,23-27,30-48,50,53-56,61,68-70,73-74,76-84H,9,11-18H2,1-3H3,(H,62,85)(H,63,71)(H,64,72)(H,66,75)(H,86,87)(H,88,89)(H,90,91)(H,93,94)(H2,60,65,92)/t23-,24?,25?,26?,27-,30-,31?,32?,33-,34?,35-,36-,37?,38?,39+,40+,41+,42-,43-,44?,45+,46+,47?,48?,50-,53-,54-,55-,56-,59-/m1/s1. The van der Waals surface area contributed by atoms with Crippen LogP contribution in [0.1, 0.15) is 42.4 Å². The van der Waals surface area contributed by atoms with Crippen molar-refractivity contribution in [1.29, 1.82) is 0 Å². The monoisotopic (exact) mass is 1580 g/mol. The Hall–Kier alpha value is -6.74. The maximum atomic E-state index is 13.3. The number of anilines is 1. The highest BCUT2D eigenvalue weighted by Crippen LogP contribution is 2.52. The third-order valence-electron chi connectivity index (χ3n) is 17.9. The van der Waals surface area contributed by atoms with Crippen molar-refractivity contribution >= 4 is 55.2 Å². The largest absolute Gasteiger partial charge is 0.479 e. The Morgan fingerprint density at radius 2 is 1.22 bits per heavy atom. The lowest BCUT2D eigenvalue weighted by molar-refractivity contribution is -0.371. The minimum Gasteiger partial charge on any atom is -0.479 e. The number of nitrogens with zero attached hydrogens (tertiary/aromatic N) is 2. The summed E-state index contributed by atoms with van der Waals surface area (Å²) in [7, 11) is -4.59. The smallest absolute Gasteiger partial charge is 0.475 e. The van der Waals surface area contributed by atoms with Gasteiger partial charge in [-0.2, -0.15) is 4.98 Å². The molecule has 0 spiro atoms. The lowest BCUT2D eigenvalue weighted by Gasteiger charge is -2.49. The first kappa shape index (κ1) is 86.8. The molecule has 6 fully saturated rings. The molecule has 0 radical (unpaired) electrons. The number of phosphoric ester groups is 1. The number of aromatic nitrogens is 2. The predicted octanol–water partition coefficient (Wildman–Crippen LogP) is -13.4.